The summed E-state index contributed by atoms with van der Waals surface area (Å²) in [6.45, 7) is 0.661. The molecule has 8 heteroatoms. The second kappa shape index (κ2) is 8.61. The number of aromatic nitrogens is 3. The molecule has 2 aromatic heterocycles. The number of nitrogens with zero attached hydrogens (tertiary/aromatic N) is 3. The van der Waals surface area contributed by atoms with Crippen molar-refractivity contribution in [3.8, 4) is 17.2 Å². The number of esters is 1. The number of carbonyl (C=O) groups excluding carboxylic acids is 1. The number of hydrogen-bond acceptors (Lipinski definition) is 8. The second-order valence-electron chi connectivity index (χ2n) is 5.30. The summed E-state index contributed by atoms with van der Waals surface area (Å²) < 4.78 is 15.4. The normalized spacial score (nSPS) is 10.3. The van der Waals surface area contributed by atoms with E-state index in [2.05, 4.69) is 25.2 Å². The number of anilines is 1. The van der Waals surface area contributed by atoms with Crippen LogP contribution >= 0.6 is 0 Å². The maximum atomic E-state index is 11.1. The Morgan fingerprint density at radius 2 is 2.04 bits per heavy atom. The molecule has 0 saturated heterocycles. The van der Waals surface area contributed by atoms with Gasteiger partial charge in [0.2, 0.25) is 5.82 Å². The minimum atomic E-state index is -0.273. The highest BCUT2D eigenvalue weighted by Gasteiger charge is 2.10. The van der Waals surface area contributed by atoms with Crippen LogP contribution in [-0.4, -0.2) is 34.7 Å². The third-order valence-electron chi connectivity index (χ3n) is 3.45. The molecule has 0 amide bonds. The van der Waals surface area contributed by atoms with E-state index in [0.29, 0.717) is 29.6 Å². The zero-order valence-electron chi connectivity index (χ0n) is 14.2. The summed E-state index contributed by atoms with van der Waals surface area (Å²) >= 11 is 0. The minimum Gasteiger partial charge on any atom is -0.485 e. The zero-order chi connectivity index (χ0) is 18.2. The Morgan fingerprint density at radius 1 is 1.19 bits per heavy atom. The van der Waals surface area contributed by atoms with Crippen LogP contribution in [0.25, 0.3) is 11.5 Å². The molecule has 0 fully saturated rings. The Labute approximate surface area is 150 Å². The largest absolute Gasteiger partial charge is 0.485 e. The second-order valence-corrected chi connectivity index (χ2v) is 5.30. The molecular formula is C18H18N4O4. The molecule has 1 N–H and O–H groups in total. The van der Waals surface area contributed by atoms with Gasteiger partial charge in [-0.15, -0.1) is 0 Å². The quantitative estimate of drug-likeness (QED) is 0.616. The Hall–Kier alpha value is -3.42. The average molecular weight is 354 g/mol. The van der Waals surface area contributed by atoms with Gasteiger partial charge < -0.3 is 19.3 Å². The lowest BCUT2D eigenvalue weighted by Gasteiger charge is -2.04. The number of nitrogens with one attached hydrogen (secondary N) is 1. The van der Waals surface area contributed by atoms with Gasteiger partial charge in [0.1, 0.15) is 11.6 Å². The maximum Gasteiger partial charge on any atom is 0.307 e. The van der Waals surface area contributed by atoms with E-state index in [1.165, 1.54) is 7.11 Å². The van der Waals surface area contributed by atoms with Crippen molar-refractivity contribution in [2.75, 3.05) is 19.0 Å². The molecule has 1 aromatic carbocycles. The van der Waals surface area contributed by atoms with Crippen molar-refractivity contribution in [3.05, 3.63) is 54.5 Å². The van der Waals surface area contributed by atoms with Gasteiger partial charge in [-0.1, -0.05) is 23.4 Å². The van der Waals surface area contributed by atoms with Crippen molar-refractivity contribution in [1.82, 2.24) is 15.1 Å². The number of rotatable bonds is 8. The first-order valence-corrected chi connectivity index (χ1v) is 8.02. The fourth-order valence-corrected chi connectivity index (χ4v) is 2.11. The summed E-state index contributed by atoms with van der Waals surface area (Å²) in [4.78, 5) is 19.6. The number of methoxy groups -OCH3 is 1. The van der Waals surface area contributed by atoms with E-state index in [9.17, 15) is 4.79 Å². The van der Waals surface area contributed by atoms with E-state index < -0.39 is 0 Å². The van der Waals surface area contributed by atoms with Crippen LogP contribution in [0.3, 0.4) is 0 Å². The Balaban J connectivity index is 1.54. The zero-order valence-corrected chi connectivity index (χ0v) is 14.2. The highest BCUT2D eigenvalue weighted by Crippen LogP contribution is 2.18. The van der Waals surface area contributed by atoms with Crippen molar-refractivity contribution in [2.45, 2.75) is 13.0 Å². The molecule has 0 saturated carbocycles. The van der Waals surface area contributed by atoms with Crippen LogP contribution in [0.5, 0.6) is 5.75 Å². The van der Waals surface area contributed by atoms with Crippen molar-refractivity contribution in [3.63, 3.8) is 0 Å². The number of ether oxygens (including phenoxy) is 2. The molecule has 3 aromatic rings. The summed E-state index contributed by atoms with van der Waals surface area (Å²) in [5.41, 5.74) is 0.696. The van der Waals surface area contributed by atoms with Gasteiger partial charge >= 0.3 is 5.97 Å². The number of benzene rings is 1. The Morgan fingerprint density at radius 3 is 2.77 bits per heavy atom. The SMILES string of the molecule is COC(=O)CCNc1ccc(-c2nc(COc3ccccc3)no2)cn1. The van der Waals surface area contributed by atoms with Crippen LogP contribution in [0.2, 0.25) is 0 Å². The predicted molar refractivity (Wildman–Crippen MR) is 93.4 cm³/mol. The summed E-state index contributed by atoms with van der Waals surface area (Å²) in [5, 5.41) is 6.94. The van der Waals surface area contributed by atoms with Crippen molar-refractivity contribution < 1.29 is 18.8 Å². The van der Waals surface area contributed by atoms with Crippen molar-refractivity contribution >= 4 is 11.8 Å². The molecule has 134 valence electrons. The van der Waals surface area contributed by atoms with Crippen LogP contribution in [0.1, 0.15) is 12.2 Å². The minimum absolute atomic E-state index is 0.216. The molecule has 8 nitrogen and oxygen atoms in total. The van der Waals surface area contributed by atoms with Gasteiger partial charge in [-0.2, -0.15) is 4.98 Å². The first kappa shape index (κ1) is 17.4. The lowest BCUT2D eigenvalue weighted by atomic mass is 10.3. The summed E-state index contributed by atoms with van der Waals surface area (Å²) in [6.07, 6.45) is 1.89. The molecule has 0 aliphatic carbocycles. The molecule has 0 spiro atoms. The number of carbonyl (C=O) groups is 1. The number of pyridine rings is 1. The van der Waals surface area contributed by atoms with E-state index in [0.717, 1.165) is 5.75 Å². The van der Waals surface area contributed by atoms with Crippen LogP contribution in [-0.2, 0) is 16.1 Å². The van der Waals surface area contributed by atoms with Gasteiger partial charge in [-0.05, 0) is 24.3 Å². The van der Waals surface area contributed by atoms with E-state index in [1.807, 2.05) is 36.4 Å². The van der Waals surface area contributed by atoms with Gasteiger partial charge in [0.15, 0.2) is 6.61 Å². The molecule has 0 bridgehead atoms. The monoisotopic (exact) mass is 354 g/mol. The smallest absolute Gasteiger partial charge is 0.307 e. The van der Waals surface area contributed by atoms with Crippen molar-refractivity contribution in [1.29, 1.82) is 0 Å². The van der Waals surface area contributed by atoms with Gasteiger partial charge in [0, 0.05) is 12.7 Å². The standard InChI is InChI=1S/C18H18N4O4/c1-24-17(23)9-10-19-15-8-7-13(11-20-15)18-21-16(22-26-18)12-25-14-5-3-2-4-6-14/h2-8,11H,9-10,12H2,1H3,(H,19,20). The third-order valence-corrected chi connectivity index (χ3v) is 3.45. The molecule has 0 aliphatic rings. The Bertz CT molecular complexity index is 834. The predicted octanol–water partition coefficient (Wildman–Crippen LogP) is 2.69. The van der Waals surface area contributed by atoms with E-state index in [4.69, 9.17) is 9.26 Å². The molecule has 26 heavy (non-hydrogen) atoms. The van der Waals surface area contributed by atoms with Gasteiger partial charge in [-0.3, -0.25) is 4.79 Å². The fourth-order valence-electron chi connectivity index (χ4n) is 2.11. The fraction of sp³-hybridized carbons (Fsp3) is 0.222. The lowest BCUT2D eigenvalue weighted by molar-refractivity contribution is -0.140. The molecule has 2 heterocycles. The van der Waals surface area contributed by atoms with E-state index in [1.54, 1.807) is 12.3 Å². The Kier molecular flexibility index (Phi) is 5.76. The molecule has 0 aliphatic heterocycles. The topological polar surface area (TPSA) is 99.4 Å². The number of hydrogen-bond donors (Lipinski definition) is 1. The summed E-state index contributed by atoms with van der Waals surface area (Å²) in [6, 6.07) is 13.0. The maximum absolute atomic E-state index is 11.1. The first-order chi connectivity index (χ1) is 12.7. The molecule has 3 rings (SSSR count). The first-order valence-electron chi connectivity index (χ1n) is 8.02. The van der Waals surface area contributed by atoms with Crippen molar-refractivity contribution in [2.24, 2.45) is 0 Å². The lowest BCUT2D eigenvalue weighted by Crippen LogP contribution is -2.10. The van der Waals surface area contributed by atoms with E-state index in [-0.39, 0.29) is 19.0 Å². The van der Waals surface area contributed by atoms with Crippen LogP contribution in [0, 0.1) is 0 Å². The third kappa shape index (κ3) is 4.79. The summed E-state index contributed by atoms with van der Waals surface area (Å²) in [5.74, 6) is 1.92. The van der Waals surface area contributed by atoms with Gasteiger partial charge in [0.25, 0.3) is 5.89 Å². The van der Waals surface area contributed by atoms with Crippen LogP contribution in [0.4, 0.5) is 5.82 Å². The molecule has 0 atom stereocenters. The summed E-state index contributed by atoms with van der Waals surface area (Å²) in [7, 11) is 1.36. The molecular weight excluding hydrogens is 336 g/mol. The van der Waals surface area contributed by atoms with Crippen LogP contribution in [0.15, 0.2) is 53.2 Å². The molecule has 0 unspecified atom stereocenters. The van der Waals surface area contributed by atoms with Gasteiger partial charge in [-0.25, -0.2) is 4.98 Å². The van der Waals surface area contributed by atoms with Gasteiger partial charge in [0.05, 0.1) is 19.1 Å². The van der Waals surface area contributed by atoms with Crippen LogP contribution < -0.4 is 10.1 Å². The number of para-hydroxylation sites is 1. The molecule has 0 radical (unpaired) electrons. The highest BCUT2D eigenvalue weighted by molar-refractivity contribution is 5.69. The highest BCUT2D eigenvalue weighted by atomic mass is 16.5. The van der Waals surface area contributed by atoms with E-state index >= 15 is 0 Å². The average Bonchev–Trinajstić information content (AvgIpc) is 3.16.